The topological polar surface area (TPSA) is 40.5 Å². The normalized spacial score (nSPS) is 16.6. The number of benzene rings is 1. The highest BCUT2D eigenvalue weighted by Crippen LogP contribution is 2.19. The van der Waals surface area contributed by atoms with Gasteiger partial charge in [-0.25, -0.2) is 0 Å². The standard InChI is InChI=1S/C15H21NO2S/c17-13-8-10-16(11-9-13)15(18)7-4-12-19-14-5-2-1-3-6-14/h1-3,5-6,13,17H,4,7-12H2. The molecule has 0 saturated carbocycles. The number of hydrogen-bond acceptors (Lipinski definition) is 3. The van der Waals surface area contributed by atoms with Gasteiger partial charge in [0.25, 0.3) is 0 Å². The lowest BCUT2D eigenvalue weighted by atomic mass is 10.1. The van der Waals surface area contributed by atoms with E-state index in [2.05, 4.69) is 12.1 Å². The molecule has 1 aromatic rings. The zero-order valence-electron chi connectivity index (χ0n) is 11.1. The van der Waals surface area contributed by atoms with Crippen molar-refractivity contribution in [1.29, 1.82) is 0 Å². The smallest absolute Gasteiger partial charge is 0.222 e. The van der Waals surface area contributed by atoms with Crippen LogP contribution in [0.15, 0.2) is 35.2 Å². The third-order valence-corrected chi connectivity index (χ3v) is 4.46. The first kappa shape index (κ1) is 14.4. The number of likely N-dealkylation sites (tertiary alicyclic amines) is 1. The minimum Gasteiger partial charge on any atom is -0.393 e. The van der Waals surface area contributed by atoms with Crippen LogP contribution in [0.3, 0.4) is 0 Å². The molecule has 1 fully saturated rings. The minimum atomic E-state index is -0.210. The van der Waals surface area contributed by atoms with Gasteiger partial charge in [0.1, 0.15) is 0 Å². The van der Waals surface area contributed by atoms with Gasteiger partial charge in [0, 0.05) is 24.4 Å². The zero-order chi connectivity index (χ0) is 13.5. The molecule has 0 atom stereocenters. The lowest BCUT2D eigenvalue weighted by Gasteiger charge is -2.29. The molecule has 2 rings (SSSR count). The molecule has 0 aromatic heterocycles. The summed E-state index contributed by atoms with van der Waals surface area (Å²) in [5, 5.41) is 9.41. The van der Waals surface area contributed by atoms with Gasteiger partial charge in [0.2, 0.25) is 5.91 Å². The average molecular weight is 279 g/mol. The number of aliphatic hydroxyl groups is 1. The van der Waals surface area contributed by atoms with E-state index in [1.165, 1.54) is 4.90 Å². The molecule has 4 heteroatoms. The molecular weight excluding hydrogens is 258 g/mol. The highest BCUT2D eigenvalue weighted by Gasteiger charge is 2.20. The van der Waals surface area contributed by atoms with E-state index >= 15 is 0 Å². The number of piperidine rings is 1. The Morgan fingerprint density at radius 1 is 1.26 bits per heavy atom. The van der Waals surface area contributed by atoms with Gasteiger partial charge in [-0.3, -0.25) is 4.79 Å². The summed E-state index contributed by atoms with van der Waals surface area (Å²) in [5.41, 5.74) is 0. The summed E-state index contributed by atoms with van der Waals surface area (Å²) in [4.78, 5) is 15.1. The second kappa shape index (κ2) is 7.56. The van der Waals surface area contributed by atoms with E-state index in [1.54, 1.807) is 11.8 Å². The molecule has 0 unspecified atom stereocenters. The number of hydrogen-bond donors (Lipinski definition) is 1. The van der Waals surface area contributed by atoms with E-state index in [0.717, 1.165) is 25.0 Å². The molecule has 19 heavy (non-hydrogen) atoms. The quantitative estimate of drug-likeness (QED) is 0.665. The van der Waals surface area contributed by atoms with E-state index < -0.39 is 0 Å². The maximum Gasteiger partial charge on any atom is 0.222 e. The van der Waals surface area contributed by atoms with Gasteiger partial charge in [0.05, 0.1) is 6.10 Å². The Hall–Kier alpha value is -1.00. The fraction of sp³-hybridized carbons (Fsp3) is 0.533. The Morgan fingerprint density at radius 3 is 2.63 bits per heavy atom. The van der Waals surface area contributed by atoms with Gasteiger partial charge >= 0.3 is 0 Å². The van der Waals surface area contributed by atoms with E-state index in [1.807, 2.05) is 23.1 Å². The Morgan fingerprint density at radius 2 is 1.95 bits per heavy atom. The van der Waals surface area contributed by atoms with Crippen molar-refractivity contribution in [3.63, 3.8) is 0 Å². The van der Waals surface area contributed by atoms with E-state index in [4.69, 9.17) is 0 Å². The van der Waals surface area contributed by atoms with E-state index in [0.29, 0.717) is 19.5 Å². The monoisotopic (exact) mass is 279 g/mol. The number of aliphatic hydroxyl groups excluding tert-OH is 1. The Kier molecular flexibility index (Phi) is 5.73. The van der Waals surface area contributed by atoms with Crippen LogP contribution in [0.2, 0.25) is 0 Å². The number of carbonyl (C=O) groups is 1. The van der Waals surface area contributed by atoms with Gasteiger partial charge in [-0.2, -0.15) is 0 Å². The zero-order valence-corrected chi connectivity index (χ0v) is 11.9. The summed E-state index contributed by atoms with van der Waals surface area (Å²) in [6.07, 6.45) is 2.78. The van der Waals surface area contributed by atoms with Crippen LogP contribution in [0.1, 0.15) is 25.7 Å². The fourth-order valence-corrected chi connectivity index (χ4v) is 3.08. The SMILES string of the molecule is O=C(CCCSc1ccccc1)N1CCC(O)CC1. The summed E-state index contributed by atoms with van der Waals surface area (Å²) < 4.78 is 0. The molecule has 0 spiro atoms. The van der Waals surface area contributed by atoms with Crippen LogP contribution < -0.4 is 0 Å². The fourth-order valence-electron chi connectivity index (χ4n) is 2.20. The van der Waals surface area contributed by atoms with Crippen LogP contribution in [0.25, 0.3) is 0 Å². The predicted molar refractivity (Wildman–Crippen MR) is 78.2 cm³/mol. The first-order chi connectivity index (χ1) is 9.25. The molecule has 1 aromatic carbocycles. The molecule has 1 N–H and O–H groups in total. The van der Waals surface area contributed by atoms with Gasteiger partial charge in [-0.05, 0) is 37.1 Å². The van der Waals surface area contributed by atoms with Gasteiger partial charge in [0.15, 0.2) is 0 Å². The summed E-state index contributed by atoms with van der Waals surface area (Å²) >= 11 is 1.80. The van der Waals surface area contributed by atoms with Gasteiger partial charge < -0.3 is 10.0 Å². The second-order valence-electron chi connectivity index (χ2n) is 4.88. The Balaban J connectivity index is 1.61. The number of thioether (sulfide) groups is 1. The maximum atomic E-state index is 12.0. The van der Waals surface area contributed by atoms with Gasteiger partial charge in [-0.1, -0.05) is 18.2 Å². The van der Waals surface area contributed by atoms with Crippen molar-refractivity contribution in [2.45, 2.75) is 36.7 Å². The minimum absolute atomic E-state index is 0.210. The molecule has 0 bridgehead atoms. The number of rotatable bonds is 5. The number of amides is 1. The van der Waals surface area contributed by atoms with Gasteiger partial charge in [-0.15, -0.1) is 11.8 Å². The van der Waals surface area contributed by atoms with E-state index in [-0.39, 0.29) is 12.0 Å². The van der Waals surface area contributed by atoms with Crippen LogP contribution in [-0.4, -0.2) is 40.9 Å². The molecule has 1 amide bonds. The molecule has 1 saturated heterocycles. The van der Waals surface area contributed by atoms with E-state index in [9.17, 15) is 9.90 Å². The number of nitrogens with zero attached hydrogens (tertiary/aromatic N) is 1. The van der Waals surface area contributed by atoms with Crippen molar-refractivity contribution >= 4 is 17.7 Å². The first-order valence-corrected chi connectivity index (χ1v) is 7.88. The van der Waals surface area contributed by atoms with Crippen LogP contribution in [-0.2, 0) is 4.79 Å². The Labute approximate surface area is 119 Å². The first-order valence-electron chi connectivity index (χ1n) is 6.89. The van der Waals surface area contributed by atoms with Crippen LogP contribution in [0.5, 0.6) is 0 Å². The highest BCUT2D eigenvalue weighted by atomic mass is 32.2. The lowest BCUT2D eigenvalue weighted by molar-refractivity contribution is -0.133. The van der Waals surface area contributed by atoms with Crippen molar-refractivity contribution in [2.75, 3.05) is 18.8 Å². The molecule has 0 aliphatic carbocycles. The third kappa shape index (κ3) is 4.88. The Bertz CT molecular complexity index is 388. The summed E-state index contributed by atoms with van der Waals surface area (Å²) in [5.74, 6) is 1.22. The van der Waals surface area contributed by atoms with Crippen molar-refractivity contribution in [1.82, 2.24) is 4.90 Å². The maximum absolute atomic E-state index is 12.0. The summed E-state index contributed by atoms with van der Waals surface area (Å²) in [7, 11) is 0. The van der Waals surface area contributed by atoms with Crippen LogP contribution >= 0.6 is 11.8 Å². The summed E-state index contributed by atoms with van der Waals surface area (Å²) in [6, 6.07) is 10.3. The molecule has 1 aliphatic heterocycles. The molecule has 1 heterocycles. The molecule has 104 valence electrons. The number of carbonyl (C=O) groups excluding carboxylic acids is 1. The summed E-state index contributed by atoms with van der Waals surface area (Å²) in [6.45, 7) is 1.43. The lowest BCUT2D eigenvalue weighted by Crippen LogP contribution is -2.39. The predicted octanol–water partition coefficient (Wildman–Crippen LogP) is 2.54. The average Bonchev–Trinajstić information content (AvgIpc) is 2.45. The molecule has 3 nitrogen and oxygen atoms in total. The van der Waals surface area contributed by atoms with Crippen molar-refractivity contribution < 1.29 is 9.90 Å². The third-order valence-electron chi connectivity index (χ3n) is 3.36. The van der Waals surface area contributed by atoms with Crippen LogP contribution in [0.4, 0.5) is 0 Å². The van der Waals surface area contributed by atoms with Crippen molar-refractivity contribution in [3.05, 3.63) is 30.3 Å². The van der Waals surface area contributed by atoms with Crippen molar-refractivity contribution in [2.24, 2.45) is 0 Å². The highest BCUT2D eigenvalue weighted by molar-refractivity contribution is 7.99. The van der Waals surface area contributed by atoms with Crippen LogP contribution in [0, 0.1) is 0 Å². The van der Waals surface area contributed by atoms with Crippen molar-refractivity contribution in [3.8, 4) is 0 Å². The molecule has 0 radical (unpaired) electrons. The molecular formula is C15H21NO2S. The molecule has 1 aliphatic rings. The largest absolute Gasteiger partial charge is 0.393 e. The second-order valence-corrected chi connectivity index (χ2v) is 6.05.